The van der Waals surface area contributed by atoms with Gasteiger partial charge in [-0.2, -0.15) is 5.10 Å². The number of hydrogen-bond acceptors (Lipinski definition) is 4. The molecule has 0 unspecified atom stereocenters. The summed E-state index contributed by atoms with van der Waals surface area (Å²) in [5, 5.41) is 6.81. The molecule has 7 heteroatoms. The normalized spacial score (nSPS) is 10.5. The largest absolute Gasteiger partial charge is 0.489 e. The van der Waals surface area contributed by atoms with Crippen LogP contribution in [0.4, 0.5) is 0 Å². The fraction of sp³-hybridized carbons (Fsp3) is 0.167. The maximum absolute atomic E-state index is 11.4. The van der Waals surface area contributed by atoms with E-state index in [4.69, 9.17) is 16.3 Å². The predicted octanol–water partition coefficient (Wildman–Crippen LogP) is 2.51. The van der Waals surface area contributed by atoms with Crippen molar-refractivity contribution in [3.8, 4) is 5.75 Å². The van der Waals surface area contributed by atoms with Crippen molar-refractivity contribution in [1.82, 2.24) is 10.7 Å². The smallest absolute Gasteiger partial charge is 0.329 e. The molecule has 0 aliphatic heterocycles. The third-order valence-corrected chi connectivity index (χ3v) is 3.37. The van der Waals surface area contributed by atoms with Gasteiger partial charge in [-0.1, -0.05) is 23.7 Å². The molecule has 0 aliphatic rings. The van der Waals surface area contributed by atoms with Crippen molar-refractivity contribution in [3.63, 3.8) is 0 Å². The van der Waals surface area contributed by atoms with Crippen LogP contribution in [0.2, 0.25) is 5.02 Å². The second-order valence-corrected chi connectivity index (χ2v) is 5.48. The maximum atomic E-state index is 11.4. The topological polar surface area (TPSA) is 79.8 Å². The number of halogens is 1. The molecule has 0 radical (unpaired) electrons. The van der Waals surface area contributed by atoms with E-state index in [1.165, 1.54) is 6.21 Å². The SMILES string of the molecule is CCNC(=O)C(=O)N/N=C\c1ccc(OCc2ccc(Cl)cc2)cc1. The summed E-state index contributed by atoms with van der Waals surface area (Å²) < 4.78 is 5.68. The van der Waals surface area contributed by atoms with Gasteiger partial charge in [-0.05, 0) is 54.4 Å². The molecule has 2 N–H and O–H groups in total. The number of hydrogen-bond donors (Lipinski definition) is 2. The highest BCUT2D eigenvalue weighted by Crippen LogP contribution is 2.15. The Bertz CT molecular complexity index is 743. The summed E-state index contributed by atoms with van der Waals surface area (Å²) in [5.41, 5.74) is 3.93. The molecule has 2 aromatic rings. The van der Waals surface area contributed by atoms with E-state index in [9.17, 15) is 9.59 Å². The van der Waals surface area contributed by atoms with E-state index in [1.54, 1.807) is 31.2 Å². The van der Waals surface area contributed by atoms with Gasteiger partial charge in [-0.15, -0.1) is 0 Å². The molecule has 0 saturated carbocycles. The van der Waals surface area contributed by atoms with E-state index in [0.717, 1.165) is 11.1 Å². The van der Waals surface area contributed by atoms with Crippen molar-refractivity contribution in [2.24, 2.45) is 5.10 Å². The molecule has 0 atom stereocenters. The first-order valence-electron chi connectivity index (χ1n) is 7.67. The summed E-state index contributed by atoms with van der Waals surface area (Å²) in [4.78, 5) is 22.6. The number of carbonyl (C=O) groups excluding carboxylic acids is 2. The van der Waals surface area contributed by atoms with Crippen LogP contribution in [0.15, 0.2) is 53.6 Å². The fourth-order valence-corrected chi connectivity index (χ4v) is 1.98. The van der Waals surface area contributed by atoms with E-state index in [2.05, 4.69) is 15.8 Å². The van der Waals surface area contributed by atoms with Crippen molar-refractivity contribution in [2.75, 3.05) is 6.54 Å². The standard InChI is InChI=1S/C18H18ClN3O3/c1-2-20-17(23)18(24)22-21-11-13-5-9-16(10-6-13)25-12-14-3-7-15(19)8-4-14/h3-11H,2,12H2,1H3,(H,20,23)(H,22,24)/b21-11-. The third-order valence-electron chi connectivity index (χ3n) is 3.12. The minimum Gasteiger partial charge on any atom is -0.489 e. The first kappa shape index (κ1) is 18.5. The zero-order valence-corrected chi connectivity index (χ0v) is 14.4. The number of ether oxygens (including phenoxy) is 1. The van der Waals surface area contributed by atoms with Crippen LogP contribution >= 0.6 is 11.6 Å². The fourth-order valence-electron chi connectivity index (χ4n) is 1.85. The van der Waals surface area contributed by atoms with Gasteiger partial charge in [0.1, 0.15) is 12.4 Å². The molecule has 0 aliphatic carbocycles. The number of nitrogens with one attached hydrogen (secondary N) is 2. The molecule has 0 bridgehead atoms. The molecule has 130 valence electrons. The zero-order chi connectivity index (χ0) is 18.1. The Labute approximate surface area is 150 Å². The molecule has 0 fully saturated rings. The Hall–Kier alpha value is -2.86. The number of rotatable bonds is 6. The van der Waals surface area contributed by atoms with Crippen molar-refractivity contribution < 1.29 is 14.3 Å². The Morgan fingerprint density at radius 3 is 2.40 bits per heavy atom. The first-order chi connectivity index (χ1) is 12.1. The van der Waals surface area contributed by atoms with Crippen molar-refractivity contribution in [2.45, 2.75) is 13.5 Å². The quantitative estimate of drug-likeness (QED) is 0.472. The molecule has 2 aromatic carbocycles. The van der Waals surface area contributed by atoms with E-state index in [0.29, 0.717) is 23.9 Å². The lowest BCUT2D eigenvalue weighted by Gasteiger charge is -2.06. The average Bonchev–Trinajstić information content (AvgIpc) is 2.62. The van der Waals surface area contributed by atoms with E-state index in [-0.39, 0.29) is 0 Å². The Morgan fingerprint density at radius 1 is 1.08 bits per heavy atom. The Balaban J connectivity index is 1.83. The lowest BCUT2D eigenvalue weighted by atomic mass is 10.2. The Kier molecular flexibility index (Phi) is 6.98. The number of hydrazone groups is 1. The van der Waals surface area contributed by atoms with Gasteiger partial charge < -0.3 is 10.1 Å². The third kappa shape index (κ3) is 6.27. The molecule has 0 spiro atoms. The van der Waals surface area contributed by atoms with Crippen LogP contribution < -0.4 is 15.5 Å². The van der Waals surface area contributed by atoms with Crippen LogP contribution in [0.1, 0.15) is 18.1 Å². The number of likely N-dealkylation sites (N-methyl/N-ethyl adjacent to an activating group) is 1. The summed E-state index contributed by atoms with van der Waals surface area (Å²) >= 11 is 5.84. The lowest BCUT2D eigenvalue weighted by molar-refractivity contribution is -0.139. The van der Waals surface area contributed by atoms with Gasteiger partial charge in [0.25, 0.3) is 0 Å². The van der Waals surface area contributed by atoms with Crippen LogP contribution in [0.3, 0.4) is 0 Å². The molecular weight excluding hydrogens is 342 g/mol. The van der Waals surface area contributed by atoms with Crippen LogP contribution in [0, 0.1) is 0 Å². The van der Waals surface area contributed by atoms with Crippen LogP contribution in [0.5, 0.6) is 5.75 Å². The van der Waals surface area contributed by atoms with E-state index in [1.807, 2.05) is 24.3 Å². The summed E-state index contributed by atoms with van der Waals surface area (Å²) in [6, 6.07) is 14.6. The maximum Gasteiger partial charge on any atom is 0.329 e. The van der Waals surface area contributed by atoms with Gasteiger partial charge in [0, 0.05) is 11.6 Å². The van der Waals surface area contributed by atoms with Crippen molar-refractivity contribution in [3.05, 3.63) is 64.7 Å². The van der Waals surface area contributed by atoms with Gasteiger partial charge in [0.2, 0.25) is 0 Å². The summed E-state index contributed by atoms with van der Waals surface area (Å²) in [7, 11) is 0. The second kappa shape index (κ2) is 9.44. The average molecular weight is 360 g/mol. The van der Waals surface area contributed by atoms with Gasteiger partial charge in [0.15, 0.2) is 0 Å². The van der Waals surface area contributed by atoms with Crippen LogP contribution in [-0.4, -0.2) is 24.6 Å². The number of carbonyl (C=O) groups is 2. The van der Waals surface area contributed by atoms with Gasteiger partial charge in [-0.25, -0.2) is 5.43 Å². The molecule has 2 amide bonds. The molecule has 0 saturated heterocycles. The molecule has 2 rings (SSSR count). The van der Waals surface area contributed by atoms with E-state index < -0.39 is 11.8 Å². The van der Waals surface area contributed by atoms with Gasteiger partial charge >= 0.3 is 11.8 Å². The highest BCUT2D eigenvalue weighted by atomic mass is 35.5. The Morgan fingerprint density at radius 2 is 1.76 bits per heavy atom. The van der Waals surface area contributed by atoms with E-state index >= 15 is 0 Å². The molecule has 6 nitrogen and oxygen atoms in total. The van der Waals surface area contributed by atoms with Gasteiger partial charge in [-0.3, -0.25) is 9.59 Å². The molecule has 0 aromatic heterocycles. The molecule has 25 heavy (non-hydrogen) atoms. The van der Waals surface area contributed by atoms with Crippen molar-refractivity contribution >= 4 is 29.6 Å². The number of benzene rings is 2. The second-order valence-electron chi connectivity index (χ2n) is 5.04. The lowest BCUT2D eigenvalue weighted by Crippen LogP contribution is -2.37. The van der Waals surface area contributed by atoms with Crippen LogP contribution in [0.25, 0.3) is 0 Å². The monoisotopic (exact) mass is 359 g/mol. The molecule has 0 heterocycles. The number of amides is 2. The zero-order valence-electron chi connectivity index (χ0n) is 13.7. The van der Waals surface area contributed by atoms with Gasteiger partial charge in [0.05, 0.1) is 6.21 Å². The molecular formula is C18H18ClN3O3. The highest BCUT2D eigenvalue weighted by molar-refractivity contribution is 6.35. The minimum absolute atomic E-state index is 0.382. The summed E-state index contributed by atoms with van der Waals surface area (Å²) in [6.45, 7) is 2.55. The van der Waals surface area contributed by atoms with Crippen molar-refractivity contribution in [1.29, 1.82) is 0 Å². The predicted molar refractivity (Wildman–Crippen MR) is 96.6 cm³/mol. The first-order valence-corrected chi connectivity index (χ1v) is 8.05. The minimum atomic E-state index is -0.805. The van der Waals surface area contributed by atoms with Crippen LogP contribution in [-0.2, 0) is 16.2 Å². The summed E-state index contributed by atoms with van der Waals surface area (Å²) in [6.07, 6.45) is 1.44. The highest BCUT2D eigenvalue weighted by Gasteiger charge is 2.09. The number of nitrogens with zero attached hydrogens (tertiary/aromatic N) is 1. The summed E-state index contributed by atoms with van der Waals surface area (Å²) in [5.74, 6) is -0.815.